The number of methoxy groups -OCH3 is 1. The summed E-state index contributed by atoms with van der Waals surface area (Å²) in [6.45, 7) is 11.8. The molecule has 1 saturated heterocycles. The number of aliphatic hydroxyl groups is 2. The van der Waals surface area contributed by atoms with Crippen LogP contribution in [-0.2, 0) is 16.2 Å². The summed E-state index contributed by atoms with van der Waals surface area (Å²) in [5.74, 6) is -1.36. The van der Waals surface area contributed by atoms with Crippen molar-refractivity contribution in [2.45, 2.75) is 22.8 Å². The number of alkyl halides is 3. The normalized spacial score (nSPS) is 20.8. The lowest BCUT2D eigenvalue weighted by Crippen LogP contribution is -2.48. The van der Waals surface area contributed by atoms with Crippen molar-refractivity contribution in [3.8, 4) is 11.5 Å². The molecule has 2 aromatic carbocycles. The predicted molar refractivity (Wildman–Crippen MR) is 112 cm³/mol. The topological polar surface area (TPSA) is 105 Å². The second kappa shape index (κ2) is 9.31. The summed E-state index contributed by atoms with van der Waals surface area (Å²) in [7, 11) is -3.43. The molecule has 1 aliphatic rings. The van der Waals surface area contributed by atoms with Gasteiger partial charge in [-0.1, -0.05) is 12.1 Å². The maximum absolute atomic E-state index is 14.1. The number of nitrogens with zero attached hydrogens (tertiary/aromatic N) is 3. The van der Waals surface area contributed by atoms with Gasteiger partial charge < -0.3 is 19.7 Å². The Balaban J connectivity index is 1.98. The number of sulfonamides is 1. The second-order valence-corrected chi connectivity index (χ2v) is 9.43. The lowest BCUT2D eigenvalue weighted by molar-refractivity contribution is -0.137. The van der Waals surface area contributed by atoms with Crippen LogP contribution in [0.1, 0.15) is 5.56 Å². The van der Waals surface area contributed by atoms with Crippen molar-refractivity contribution >= 4 is 21.4 Å². The van der Waals surface area contributed by atoms with Crippen LogP contribution in [0, 0.1) is 19.0 Å². The van der Waals surface area contributed by atoms with Crippen molar-refractivity contribution in [3.63, 3.8) is 0 Å². The quantitative estimate of drug-likeness (QED) is 0.453. The van der Waals surface area contributed by atoms with E-state index >= 15 is 0 Å². The molecule has 0 bridgehead atoms. The summed E-state index contributed by atoms with van der Waals surface area (Å²) in [5.41, 5.74) is -4.57. The molecule has 35 heavy (non-hydrogen) atoms. The van der Waals surface area contributed by atoms with Gasteiger partial charge in [0.05, 0.1) is 38.3 Å². The maximum atomic E-state index is 14.1. The molecule has 1 heterocycles. The lowest BCUT2D eigenvalue weighted by Gasteiger charge is -2.27. The van der Waals surface area contributed by atoms with Gasteiger partial charge in [-0.2, -0.15) is 17.5 Å². The first-order valence-electron chi connectivity index (χ1n) is 9.64. The van der Waals surface area contributed by atoms with Crippen molar-refractivity contribution in [2.24, 2.45) is 0 Å². The molecule has 2 atom stereocenters. The second-order valence-electron chi connectivity index (χ2n) is 7.52. The van der Waals surface area contributed by atoms with E-state index in [9.17, 15) is 36.2 Å². The van der Waals surface area contributed by atoms with E-state index in [0.717, 1.165) is 12.1 Å². The molecule has 0 unspecified atom stereocenters. The number of hydrogen-bond acceptors (Lipinski definition) is 6. The van der Waals surface area contributed by atoms with E-state index in [1.165, 1.54) is 7.11 Å². The Kier molecular flexibility index (Phi) is 6.97. The summed E-state index contributed by atoms with van der Waals surface area (Å²) in [4.78, 5) is 5.14. The summed E-state index contributed by atoms with van der Waals surface area (Å²) in [5, 5.41) is 20.6. The third kappa shape index (κ3) is 4.87. The fourth-order valence-corrected chi connectivity index (χ4v) is 5.07. The van der Waals surface area contributed by atoms with Crippen molar-refractivity contribution in [3.05, 3.63) is 64.5 Å². The average molecular weight is 515 g/mol. The van der Waals surface area contributed by atoms with E-state index < -0.39 is 69.6 Å². The van der Waals surface area contributed by atoms with Crippen LogP contribution in [0.15, 0.2) is 35.2 Å². The summed E-state index contributed by atoms with van der Waals surface area (Å²) in [6, 6.07) is 3.38. The molecule has 1 aliphatic heterocycles. The molecule has 0 saturated carbocycles. The number of halogens is 4. The average Bonchev–Trinajstić information content (AvgIpc) is 3.15. The van der Waals surface area contributed by atoms with Gasteiger partial charge in [-0.3, -0.25) is 0 Å². The van der Waals surface area contributed by atoms with Crippen LogP contribution in [0.5, 0.6) is 11.5 Å². The number of β-amino-alcohol motifs (C(OH)–C–C–N with tert-alkyl or cyclic N) is 1. The van der Waals surface area contributed by atoms with Crippen molar-refractivity contribution < 1.29 is 45.7 Å². The van der Waals surface area contributed by atoms with Gasteiger partial charge in [0.15, 0.2) is 11.5 Å². The molecule has 2 aromatic rings. The monoisotopic (exact) mass is 515 g/mol. The summed E-state index contributed by atoms with van der Waals surface area (Å²) < 4.78 is 90.7. The van der Waals surface area contributed by atoms with Crippen molar-refractivity contribution in [1.29, 1.82) is 0 Å². The van der Waals surface area contributed by atoms with Gasteiger partial charge in [0.1, 0.15) is 17.5 Å². The van der Waals surface area contributed by atoms with Gasteiger partial charge in [0.25, 0.3) is 0 Å². The minimum Gasteiger partial charge on any atom is -0.494 e. The summed E-state index contributed by atoms with van der Waals surface area (Å²) >= 11 is 0. The van der Waals surface area contributed by atoms with Crippen LogP contribution in [0.4, 0.5) is 28.9 Å². The predicted octanol–water partition coefficient (Wildman–Crippen LogP) is 3.13. The molecule has 0 spiro atoms. The Bertz CT molecular complexity index is 1340. The Hall–Kier alpha value is -3.43. The van der Waals surface area contributed by atoms with Crippen LogP contribution >= 0.6 is 0 Å². The van der Waals surface area contributed by atoms with Gasteiger partial charge in [0, 0.05) is 18.2 Å². The molecule has 1 fully saturated rings. The molecule has 0 aromatic heterocycles. The van der Waals surface area contributed by atoms with Gasteiger partial charge in [0.2, 0.25) is 21.4 Å². The molecule has 2 N–H and O–H groups in total. The Morgan fingerprint density at radius 2 is 1.83 bits per heavy atom. The van der Waals surface area contributed by atoms with Crippen LogP contribution in [0.2, 0.25) is 0 Å². The smallest absolute Gasteiger partial charge is 0.415 e. The molecular formula is C21H17F4N3O6S. The highest BCUT2D eigenvalue weighted by Gasteiger charge is 2.51. The molecule has 0 radical (unpaired) electrons. The zero-order valence-corrected chi connectivity index (χ0v) is 18.7. The molecule has 0 amide bonds. The van der Waals surface area contributed by atoms with Crippen molar-refractivity contribution in [1.82, 2.24) is 4.31 Å². The minimum absolute atomic E-state index is 0.1000. The number of aliphatic hydroxyl groups excluding tert-OH is 1. The number of ether oxygens (including phenoxy) is 2. The number of rotatable bonds is 6. The first kappa shape index (κ1) is 26.2. The maximum Gasteiger partial charge on any atom is 0.415 e. The Morgan fingerprint density at radius 3 is 2.37 bits per heavy atom. The first-order chi connectivity index (χ1) is 16.3. The number of hydrogen-bond donors (Lipinski definition) is 2. The van der Waals surface area contributed by atoms with E-state index in [1.807, 2.05) is 0 Å². The van der Waals surface area contributed by atoms with Gasteiger partial charge in [-0.25, -0.2) is 22.5 Å². The fourth-order valence-electron chi connectivity index (χ4n) is 3.46. The van der Waals surface area contributed by atoms with Gasteiger partial charge in [-0.15, -0.1) is 0 Å². The largest absolute Gasteiger partial charge is 0.494 e. The molecule has 14 heteroatoms. The highest BCUT2D eigenvalue weighted by atomic mass is 32.2. The van der Waals surface area contributed by atoms with E-state index in [4.69, 9.17) is 22.6 Å². The zero-order valence-electron chi connectivity index (χ0n) is 17.9. The van der Waals surface area contributed by atoms with E-state index in [2.05, 4.69) is 9.69 Å². The van der Waals surface area contributed by atoms with Crippen LogP contribution < -0.4 is 9.47 Å². The van der Waals surface area contributed by atoms with Gasteiger partial charge >= 0.3 is 6.18 Å². The molecule has 9 nitrogen and oxygen atoms in total. The van der Waals surface area contributed by atoms with Crippen molar-refractivity contribution in [2.75, 3.05) is 26.8 Å². The Labute approximate surface area is 197 Å². The third-order valence-electron chi connectivity index (χ3n) is 5.34. The van der Waals surface area contributed by atoms with E-state index in [1.54, 1.807) is 0 Å². The first-order valence-corrected chi connectivity index (χ1v) is 11.1. The fraction of sp³-hybridized carbons (Fsp3) is 0.333. The van der Waals surface area contributed by atoms with Crippen LogP contribution in [0.3, 0.4) is 0 Å². The van der Waals surface area contributed by atoms with Crippen LogP contribution in [-0.4, -0.2) is 61.4 Å². The SMILES string of the molecule is [C-]#[N+]c1cc(OC)c(O[C@H]2CN(S(=O)(=O)c3ccc(C(F)(F)F)cc3[N+]#[C-])C[C@@]2(O)CO)cc1F. The lowest BCUT2D eigenvalue weighted by atomic mass is 10.0. The highest BCUT2D eigenvalue weighted by molar-refractivity contribution is 7.89. The molecule has 3 rings (SSSR count). The van der Waals surface area contributed by atoms with E-state index in [-0.39, 0.29) is 17.2 Å². The molecular weight excluding hydrogens is 498 g/mol. The highest BCUT2D eigenvalue weighted by Crippen LogP contribution is 2.40. The molecule has 0 aliphatic carbocycles. The summed E-state index contributed by atoms with van der Waals surface area (Å²) in [6.07, 6.45) is -6.28. The van der Waals surface area contributed by atoms with Crippen LogP contribution in [0.25, 0.3) is 9.69 Å². The van der Waals surface area contributed by atoms with Gasteiger partial charge in [-0.05, 0) is 12.1 Å². The van der Waals surface area contributed by atoms with E-state index in [0.29, 0.717) is 22.5 Å². The minimum atomic E-state index is -4.80. The Morgan fingerprint density at radius 1 is 1.17 bits per heavy atom. The standard InChI is InChI=1S/C21H17F4N3O6S/c1-26-14-8-16(33-3)17(7-13(14)22)34-19-9-28(10-20(19,30)11-29)35(31,32)18-5-4-12(21(23,24)25)6-15(18)27-2/h4-8,19,29-30H,9-11H2,3H3/t19-,20+/m0/s1. The zero-order chi connectivity index (χ0) is 26.2. The molecule has 186 valence electrons. The third-order valence-corrected chi connectivity index (χ3v) is 7.20. The number of benzene rings is 2.